The van der Waals surface area contributed by atoms with Crippen LogP contribution in [0, 0.1) is 5.92 Å². The Morgan fingerprint density at radius 1 is 1.33 bits per heavy atom. The minimum Gasteiger partial charge on any atom is -0.357 e. The van der Waals surface area contributed by atoms with E-state index in [9.17, 15) is 4.79 Å². The Bertz CT molecular complexity index is 635. The molecule has 1 aliphatic heterocycles. The highest BCUT2D eigenvalue weighted by molar-refractivity contribution is 5.85. The number of nitrogens with zero attached hydrogens (tertiary/aromatic N) is 4. The van der Waals surface area contributed by atoms with E-state index >= 15 is 0 Å². The van der Waals surface area contributed by atoms with E-state index in [0.717, 1.165) is 30.2 Å². The SMILES string of the molecule is CC(=O)On1ncc2ccc(N3CCC(C)CC3)nc21.Cl. The van der Waals surface area contributed by atoms with E-state index in [4.69, 9.17) is 4.84 Å². The molecule has 0 unspecified atom stereocenters. The molecule has 114 valence electrons. The lowest BCUT2D eigenvalue weighted by molar-refractivity contribution is -0.142. The summed E-state index contributed by atoms with van der Waals surface area (Å²) in [6.07, 6.45) is 4.01. The Balaban J connectivity index is 0.00000161. The number of carbonyl (C=O) groups excluding carboxylic acids is 1. The summed E-state index contributed by atoms with van der Waals surface area (Å²) in [6, 6.07) is 3.96. The summed E-state index contributed by atoms with van der Waals surface area (Å²) in [6.45, 7) is 5.66. The van der Waals surface area contributed by atoms with Gasteiger partial charge in [-0.25, -0.2) is 9.78 Å². The first-order valence-electron chi connectivity index (χ1n) is 6.92. The number of hydrogen-bond donors (Lipinski definition) is 0. The predicted molar refractivity (Wildman–Crippen MR) is 82.6 cm³/mol. The monoisotopic (exact) mass is 310 g/mol. The average Bonchev–Trinajstić information content (AvgIpc) is 2.81. The lowest BCUT2D eigenvalue weighted by Crippen LogP contribution is -2.33. The highest BCUT2D eigenvalue weighted by Crippen LogP contribution is 2.23. The van der Waals surface area contributed by atoms with Crippen molar-refractivity contribution in [1.82, 2.24) is 14.9 Å². The van der Waals surface area contributed by atoms with Gasteiger partial charge in [0.25, 0.3) is 0 Å². The van der Waals surface area contributed by atoms with Gasteiger partial charge in [0.05, 0.1) is 6.20 Å². The van der Waals surface area contributed by atoms with E-state index in [-0.39, 0.29) is 12.4 Å². The number of aromatic nitrogens is 3. The van der Waals surface area contributed by atoms with Gasteiger partial charge in [-0.15, -0.1) is 17.5 Å². The van der Waals surface area contributed by atoms with Crippen molar-refractivity contribution in [2.24, 2.45) is 5.92 Å². The van der Waals surface area contributed by atoms with Crippen LogP contribution < -0.4 is 9.74 Å². The Morgan fingerprint density at radius 2 is 2.05 bits per heavy atom. The van der Waals surface area contributed by atoms with Gasteiger partial charge in [0.15, 0.2) is 0 Å². The molecule has 6 nitrogen and oxygen atoms in total. The van der Waals surface area contributed by atoms with Gasteiger partial charge in [-0.3, -0.25) is 0 Å². The zero-order valence-electron chi connectivity index (χ0n) is 12.2. The van der Waals surface area contributed by atoms with E-state index in [1.165, 1.54) is 24.6 Å². The number of carbonyl (C=O) groups is 1. The Hall–Kier alpha value is -1.82. The average molecular weight is 311 g/mol. The van der Waals surface area contributed by atoms with Gasteiger partial charge in [-0.2, -0.15) is 0 Å². The van der Waals surface area contributed by atoms with E-state index in [2.05, 4.69) is 21.9 Å². The highest BCUT2D eigenvalue weighted by Gasteiger charge is 2.18. The molecule has 0 amide bonds. The fourth-order valence-corrected chi connectivity index (χ4v) is 2.47. The molecule has 0 atom stereocenters. The predicted octanol–water partition coefficient (Wildman–Crippen LogP) is 2.06. The lowest BCUT2D eigenvalue weighted by atomic mass is 9.99. The van der Waals surface area contributed by atoms with Crippen LogP contribution in [0.15, 0.2) is 18.3 Å². The van der Waals surface area contributed by atoms with Crippen molar-refractivity contribution in [1.29, 1.82) is 0 Å². The molecule has 0 N–H and O–H groups in total. The molecule has 0 bridgehead atoms. The molecule has 0 aliphatic carbocycles. The van der Waals surface area contributed by atoms with Crippen LogP contribution in [0.5, 0.6) is 0 Å². The van der Waals surface area contributed by atoms with Gasteiger partial charge in [0.2, 0.25) is 5.65 Å². The summed E-state index contributed by atoms with van der Waals surface area (Å²) in [4.78, 5) is 24.1. The molecular weight excluding hydrogens is 292 g/mol. The van der Waals surface area contributed by atoms with Crippen LogP contribution in [0.2, 0.25) is 0 Å². The molecule has 0 aromatic carbocycles. The second-order valence-corrected chi connectivity index (χ2v) is 5.35. The minimum atomic E-state index is -0.408. The molecular formula is C14H19ClN4O2. The molecule has 1 fully saturated rings. The molecule has 7 heteroatoms. The number of fused-ring (bicyclic) bond motifs is 1. The van der Waals surface area contributed by atoms with Crippen molar-refractivity contribution in [3.05, 3.63) is 18.3 Å². The summed E-state index contributed by atoms with van der Waals surface area (Å²) in [5.74, 6) is 1.29. The largest absolute Gasteiger partial charge is 0.357 e. The Morgan fingerprint density at radius 3 is 2.71 bits per heavy atom. The van der Waals surface area contributed by atoms with Crippen molar-refractivity contribution in [3.8, 4) is 0 Å². The zero-order chi connectivity index (χ0) is 14.1. The van der Waals surface area contributed by atoms with Crippen LogP contribution in [0.4, 0.5) is 5.82 Å². The van der Waals surface area contributed by atoms with Crippen LogP contribution in [0.1, 0.15) is 26.7 Å². The molecule has 2 aromatic rings. The third-order valence-corrected chi connectivity index (χ3v) is 3.70. The van der Waals surface area contributed by atoms with Crippen LogP contribution in [-0.4, -0.2) is 34.0 Å². The fraction of sp³-hybridized carbons (Fsp3) is 0.500. The third kappa shape index (κ3) is 3.26. The van der Waals surface area contributed by atoms with Crippen molar-refractivity contribution < 1.29 is 9.63 Å². The topological polar surface area (TPSA) is 60.3 Å². The molecule has 0 saturated carbocycles. The van der Waals surface area contributed by atoms with Crippen molar-refractivity contribution >= 4 is 35.2 Å². The van der Waals surface area contributed by atoms with E-state index in [1.807, 2.05) is 12.1 Å². The van der Waals surface area contributed by atoms with E-state index in [1.54, 1.807) is 6.20 Å². The van der Waals surface area contributed by atoms with Gasteiger partial charge < -0.3 is 9.74 Å². The normalized spacial score (nSPS) is 15.8. The van der Waals surface area contributed by atoms with Gasteiger partial charge >= 0.3 is 5.97 Å². The first-order chi connectivity index (χ1) is 9.63. The van der Waals surface area contributed by atoms with E-state index < -0.39 is 5.97 Å². The quantitative estimate of drug-likeness (QED) is 0.850. The maximum absolute atomic E-state index is 11.1. The first kappa shape index (κ1) is 15.6. The van der Waals surface area contributed by atoms with E-state index in [0.29, 0.717) is 5.65 Å². The molecule has 0 spiro atoms. The third-order valence-electron chi connectivity index (χ3n) is 3.70. The second-order valence-electron chi connectivity index (χ2n) is 5.35. The standard InChI is InChI=1S/C14H18N4O2.ClH/c1-10-5-7-17(8-6-10)13-4-3-12-9-15-18(14(12)16-13)20-11(2)19;/h3-4,9-10H,5-8H2,1-2H3;1H. The minimum absolute atomic E-state index is 0. The van der Waals surface area contributed by atoms with Gasteiger partial charge in [0, 0.05) is 25.4 Å². The summed E-state index contributed by atoms with van der Waals surface area (Å²) < 4.78 is 0. The maximum atomic E-state index is 11.1. The van der Waals surface area contributed by atoms with Gasteiger partial charge in [-0.1, -0.05) is 11.8 Å². The number of rotatable bonds is 2. The lowest BCUT2D eigenvalue weighted by Gasteiger charge is -2.31. The van der Waals surface area contributed by atoms with Crippen LogP contribution in [0.3, 0.4) is 0 Å². The number of hydrogen-bond acceptors (Lipinski definition) is 5. The number of piperidine rings is 1. The van der Waals surface area contributed by atoms with Crippen LogP contribution >= 0.6 is 12.4 Å². The second kappa shape index (κ2) is 6.30. The molecule has 1 saturated heterocycles. The fourth-order valence-electron chi connectivity index (χ4n) is 2.47. The first-order valence-corrected chi connectivity index (χ1v) is 6.92. The summed E-state index contributed by atoms with van der Waals surface area (Å²) in [5.41, 5.74) is 0.580. The van der Waals surface area contributed by atoms with Crippen LogP contribution in [0.25, 0.3) is 11.0 Å². The van der Waals surface area contributed by atoms with Crippen LogP contribution in [-0.2, 0) is 4.79 Å². The zero-order valence-corrected chi connectivity index (χ0v) is 13.0. The molecule has 0 radical (unpaired) electrons. The summed E-state index contributed by atoms with van der Waals surface area (Å²) >= 11 is 0. The Kier molecular flexibility index (Phi) is 4.67. The van der Waals surface area contributed by atoms with Crippen molar-refractivity contribution in [2.45, 2.75) is 26.7 Å². The number of anilines is 1. The van der Waals surface area contributed by atoms with Crippen molar-refractivity contribution in [3.63, 3.8) is 0 Å². The molecule has 3 heterocycles. The smallest absolute Gasteiger partial charge is 0.332 e. The maximum Gasteiger partial charge on any atom is 0.332 e. The highest BCUT2D eigenvalue weighted by atomic mass is 35.5. The molecule has 2 aromatic heterocycles. The Labute approximate surface area is 129 Å². The van der Waals surface area contributed by atoms with Gasteiger partial charge in [-0.05, 0) is 30.9 Å². The summed E-state index contributed by atoms with van der Waals surface area (Å²) in [7, 11) is 0. The number of pyridine rings is 1. The molecule has 21 heavy (non-hydrogen) atoms. The molecule has 3 rings (SSSR count). The summed E-state index contributed by atoms with van der Waals surface area (Å²) in [5, 5.41) is 4.89. The van der Waals surface area contributed by atoms with Gasteiger partial charge in [0.1, 0.15) is 5.82 Å². The molecule has 1 aliphatic rings. The number of halogens is 1. The van der Waals surface area contributed by atoms with Crippen molar-refractivity contribution in [2.75, 3.05) is 18.0 Å².